The highest BCUT2D eigenvalue weighted by atomic mass is 32.2. The summed E-state index contributed by atoms with van der Waals surface area (Å²) >= 11 is 1.28. The first-order valence-electron chi connectivity index (χ1n) is 8.98. The number of anilines is 1. The van der Waals surface area contributed by atoms with Gasteiger partial charge in [-0.25, -0.2) is 4.79 Å². The largest absolute Gasteiger partial charge is 0.476 e. The first-order chi connectivity index (χ1) is 13.2. The molecule has 0 amide bonds. The molecule has 0 spiro atoms. The summed E-state index contributed by atoms with van der Waals surface area (Å²) in [5, 5.41) is 19.4. The molecular formula is C20H20N4O2S. The fourth-order valence-electron chi connectivity index (χ4n) is 3.28. The Kier molecular flexibility index (Phi) is 5.11. The van der Waals surface area contributed by atoms with Gasteiger partial charge in [0.05, 0.1) is 0 Å². The summed E-state index contributed by atoms with van der Waals surface area (Å²) in [6, 6.07) is 16.7. The molecule has 4 rings (SSSR count). The minimum Gasteiger partial charge on any atom is -0.476 e. The van der Waals surface area contributed by atoms with E-state index in [1.165, 1.54) is 42.3 Å². The molecule has 1 saturated heterocycles. The van der Waals surface area contributed by atoms with E-state index in [0.717, 1.165) is 23.5 Å². The van der Waals surface area contributed by atoms with Crippen molar-refractivity contribution in [1.29, 1.82) is 0 Å². The molecule has 0 saturated carbocycles. The molecular weight excluding hydrogens is 360 g/mol. The van der Waals surface area contributed by atoms with Crippen LogP contribution in [0.5, 0.6) is 0 Å². The molecule has 7 heteroatoms. The van der Waals surface area contributed by atoms with Crippen LogP contribution in [0, 0.1) is 0 Å². The van der Waals surface area contributed by atoms with Crippen LogP contribution in [-0.2, 0) is 0 Å². The number of nitrogens with zero attached hydrogens (tertiary/aromatic N) is 3. The summed E-state index contributed by atoms with van der Waals surface area (Å²) in [7, 11) is 0. The number of hydrogen-bond acceptors (Lipinski definition) is 5. The van der Waals surface area contributed by atoms with Gasteiger partial charge in [0.1, 0.15) is 0 Å². The highest BCUT2D eigenvalue weighted by Gasteiger charge is 2.16. The van der Waals surface area contributed by atoms with Crippen LogP contribution in [0.15, 0.2) is 58.5 Å². The lowest BCUT2D eigenvalue weighted by molar-refractivity contribution is 0.0686. The molecule has 1 fully saturated rings. The Balaban J connectivity index is 1.47. The van der Waals surface area contributed by atoms with Gasteiger partial charge in [0.25, 0.3) is 0 Å². The average molecular weight is 380 g/mol. The highest BCUT2D eigenvalue weighted by Crippen LogP contribution is 2.31. The van der Waals surface area contributed by atoms with E-state index in [-0.39, 0.29) is 5.69 Å². The zero-order valence-corrected chi connectivity index (χ0v) is 15.6. The van der Waals surface area contributed by atoms with Crippen molar-refractivity contribution < 1.29 is 9.90 Å². The van der Waals surface area contributed by atoms with Gasteiger partial charge in [-0.1, -0.05) is 36.0 Å². The van der Waals surface area contributed by atoms with Crippen molar-refractivity contribution in [2.45, 2.75) is 29.2 Å². The first kappa shape index (κ1) is 17.6. The van der Waals surface area contributed by atoms with Crippen molar-refractivity contribution in [3.63, 3.8) is 0 Å². The first-order valence-corrected chi connectivity index (χ1v) is 9.80. The third-order valence-corrected chi connectivity index (χ3v) is 5.70. The number of hydrogen-bond donors (Lipinski definition) is 2. The van der Waals surface area contributed by atoms with E-state index in [1.807, 2.05) is 24.3 Å². The molecule has 2 N–H and O–H groups in total. The smallest absolute Gasteiger partial charge is 0.359 e. The van der Waals surface area contributed by atoms with Crippen LogP contribution in [-0.4, -0.2) is 39.6 Å². The molecule has 1 aliphatic rings. The van der Waals surface area contributed by atoms with E-state index in [1.54, 1.807) is 0 Å². The molecule has 0 atom stereocenters. The number of piperidine rings is 1. The SMILES string of the molecule is O=C(O)c1n[nH]nc1Sc1ccc(-c2ccc(N3CCCCC3)cc2)cc1. The van der Waals surface area contributed by atoms with Gasteiger partial charge in [0, 0.05) is 23.7 Å². The third kappa shape index (κ3) is 3.98. The van der Waals surface area contributed by atoms with Gasteiger partial charge >= 0.3 is 5.97 Å². The Morgan fingerprint density at radius 3 is 2.19 bits per heavy atom. The summed E-state index contributed by atoms with van der Waals surface area (Å²) in [5.41, 5.74) is 3.53. The number of benzene rings is 2. The molecule has 1 aromatic heterocycles. The number of rotatable bonds is 5. The van der Waals surface area contributed by atoms with Crippen molar-refractivity contribution in [2.75, 3.05) is 18.0 Å². The van der Waals surface area contributed by atoms with Gasteiger partial charge in [-0.15, -0.1) is 10.2 Å². The van der Waals surface area contributed by atoms with Crippen molar-refractivity contribution >= 4 is 23.4 Å². The number of nitrogens with one attached hydrogen (secondary N) is 1. The topological polar surface area (TPSA) is 82.1 Å². The van der Waals surface area contributed by atoms with Crippen LogP contribution in [0.25, 0.3) is 11.1 Å². The van der Waals surface area contributed by atoms with Crippen LogP contribution in [0.2, 0.25) is 0 Å². The maximum Gasteiger partial charge on any atom is 0.359 e. The van der Waals surface area contributed by atoms with E-state index >= 15 is 0 Å². The van der Waals surface area contributed by atoms with Crippen LogP contribution in [0.3, 0.4) is 0 Å². The second-order valence-electron chi connectivity index (χ2n) is 6.50. The zero-order valence-electron chi connectivity index (χ0n) is 14.8. The number of carboxylic acid groups (broad SMARTS) is 1. The lowest BCUT2D eigenvalue weighted by Gasteiger charge is -2.28. The molecule has 0 bridgehead atoms. The highest BCUT2D eigenvalue weighted by molar-refractivity contribution is 7.99. The molecule has 0 radical (unpaired) electrons. The molecule has 27 heavy (non-hydrogen) atoms. The normalized spacial score (nSPS) is 14.3. The molecule has 138 valence electrons. The summed E-state index contributed by atoms with van der Waals surface area (Å²) in [6.45, 7) is 2.29. The number of carboxylic acids is 1. The molecule has 2 aromatic carbocycles. The van der Waals surface area contributed by atoms with E-state index in [2.05, 4.69) is 44.6 Å². The fraction of sp³-hybridized carbons (Fsp3) is 0.250. The third-order valence-electron chi connectivity index (χ3n) is 4.71. The Morgan fingerprint density at radius 2 is 1.56 bits per heavy atom. The molecule has 6 nitrogen and oxygen atoms in total. The van der Waals surface area contributed by atoms with Crippen molar-refractivity contribution in [3.8, 4) is 11.1 Å². The number of aromatic carboxylic acids is 1. The summed E-state index contributed by atoms with van der Waals surface area (Å²) in [4.78, 5) is 14.5. The van der Waals surface area contributed by atoms with E-state index in [0.29, 0.717) is 5.03 Å². The monoisotopic (exact) mass is 380 g/mol. The standard InChI is InChI=1S/C20H20N4O2S/c25-20(26)18-19(22-23-21-18)27-17-10-6-15(7-11-17)14-4-8-16(9-5-14)24-12-2-1-3-13-24/h4-11H,1-3,12-13H2,(H,25,26)(H,21,22,23). The predicted octanol–water partition coefficient (Wildman–Crippen LogP) is 4.31. The molecule has 2 heterocycles. The second-order valence-corrected chi connectivity index (χ2v) is 7.57. The minimum absolute atomic E-state index is 0.0580. The fourth-order valence-corrected chi connectivity index (χ4v) is 4.09. The maximum absolute atomic E-state index is 11.1. The Hall–Kier alpha value is -2.80. The predicted molar refractivity (Wildman–Crippen MR) is 105 cm³/mol. The van der Waals surface area contributed by atoms with Crippen LogP contribution in [0.1, 0.15) is 29.8 Å². The quantitative estimate of drug-likeness (QED) is 0.686. The van der Waals surface area contributed by atoms with Gasteiger partial charge in [0.2, 0.25) is 5.69 Å². The van der Waals surface area contributed by atoms with Gasteiger partial charge < -0.3 is 10.0 Å². The number of aromatic nitrogens is 3. The lowest BCUT2D eigenvalue weighted by Crippen LogP contribution is -2.29. The Morgan fingerprint density at radius 1 is 0.926 bits per heavy atom. The van der Waals surface area contributed by atoms with E-state index in [9.17, 15) is 4.79 Å². The van der Waals surface area contributed by atoms with Crippen molar-refractivity contribution in [3.05, 3.63) is 54.2 Å². The van der Waals surface area contributed by atoms with Crippen molar-refractivity contribution in [2.24, 2.45) is 0 Å². The molecule has 0 aliphatic carbocycles. The molecule has 3 aromatic rings. The number of aromatic amines is 1. The van der Waals surface area contributed by atoms with Gasteiger partial charge in [-0.3, -0.25) is 0 Å². The number of carbonyl (C=O) groups is 1. The summed E-state index contributed by atoms with van der Waals surface area (Å²) in [6.07, 6.45) is 3.88. The average Bonchev–Trinajstić information content (AvgIpc) is 3.18. The van der Waals surface area contributed by atoms with Crippen molar-refractivity contribution in [1.82, 2.24) is 15.4 Å². The second kappa shape index (κ2) is 7.84. The number of H-pyrrole nitrogens is 1. The van der Waals surface area contributed by atoms with Crippen LogP contribution in [0.4, 0.5) is 5.69 Å². The Labute approximate surface area is 161 Å². The molecule has 1 aliphatic heterocycles. The van der Waals surface area contributed by atoms with Crippen LogP contribution < -0.4 is 4.90 Å². The van der Waals surface area contributed by atoms with Crippen LogP contribution >= 0.6 is 11.8 Å². The van der Waals surface area contributed by atoms with Gasteiger partial charge in [-0.05, 0) is 54.7 Å². The minimum atomic E-state index is -1.09. The van der Waals surface area contributed by atoms with E-state index in [4.69, 9.17) is 5.11 Å². The van der Waals surface area contributed by atoms with E-state index < -0.39 is 5.97 Å². The Bertz CT molecular complexity index is 916. The maximum atomic E-state index is 11.1. The molecule has 0 unspecified atom stereocenters. The zero-order chi connectivity index (χ0) is 18.6. The summed E-state index contributed by atoms with van der Waals surface area (Å²) in [5.74, 6) is -1.09. The van der Waals surface area contributed by atoms with Gasteiger partial charge in [0.15, 0.2) is 5.03 Å². The lowest BCUT2D eigenvalue weighted by atomic mass is 10.0. The van der Waals surface area contributed by atoms with Gasteiger partial charge in [-0.2, -0.15) is 5.21 Å². The summed E-state index contributed by atoms with van der Waals surface area (Å²) < 4.78 is 0.